The van der Waals surface area contributed by atoms with Crippen LogP contribution in [-0.2, 0) is 11.2 Å². The molecule has 4 nitrogen and oxygen atoms in total. The lowest BCUT2D eigenvalue weighted by molar-refractivity contribution is -0.117. The Balaban J connectivity index is 1.83. The number of Topliss-reactive ketones (excluding diaryl/α,β-unsaturated/α-hetero) is 1. The Hall–Kier alpha value is -3.06. The first-order valence-corrected chi connectivity index (χ1v) is 7.11. The number of benzene rings is 1. The van der Waals surface area contributed by atoms with Crippen molar-refractivity contribution in [1.29, 1.82) is 5.26 Å². The molecule has 22 heavy (non-hydrogen) atoms. The van der Waals surface area contributed by atoms with Crippen LogP contribution in [0.15, 0.2) is 54.3 Å². The molecule has 2 aromatic rings. The number of rotatable bonds is 1. The number of nitrogens with one attached hydrogen (secondary N) is 2. The van der Waals surface area contributed by atoms with E-state index < -0.39 is 0 Å². The van der Waals surface area contributed by atoms with Crippen LogP contribution in [0.25, 0.3) is 10.9 Å². The van der Waals surface area contributed by atoms with Gasteiger partial charge in [0.05, 0.1) is 17.6 Å². The number of carbonyl (C=O) groups excluding carboxylic acids is 1. The second kappa shape index (κ2) is 4.47. The molecule has 1 atom stereocenters. The van der Waals surface area contributed by atoms with Crippen molar-refractivity contribution in [3.63, 3.8) is 0 Å². The van der Waals surface area contributed by atoms with Gasteiger partial charge in [0.2, 0.25) is 0 Å². The smallest absolute Gasteiger partial charge is 0.171 e. The monoisotopic (exact) mass is 287 g/mol. The number of carbonyl (C=O) groups is 1. The SMILES string of the molecule is C=CC1C=CC2=C(Cc3c([nH]c4cc(C#N)ccc34)N2)C1=O. The van der Waals surface area contributed by atoms with Gasteiger partial charge >= 0.3 is 0 Å². The molecule has 1 aromatic carbocycles. The molecule has 1 aliphatic heterocycles. The van der Waals surface area contributed by atoms with E-state index in [9.17, 15) is 4.79 Å². The molecule has 0 spiro atoms. The molecule has 1 aromatic heterocycles. The van der Waals surface area contributed by atoms with E-state index in [1.165, 1.54) is 0 Å². The number of fused-ring (bicyclic) bond motifs is 3. The topological polar surface area (TPSA) is 68.7 Å². The second-order valence-corrected chi connectivity index (χ2v) is 5.53. The number of hydrogen-bond donors (Lipinski definition) is 2. The Bertz CT molecular complexity index is 937. The summed E-state index contributed by atoms with van der Waals surface area (Å²) in [6.45, 7) is 3.72. The number of nitriles is 1. The van der Waals surface area contributed by atoms with Crippen molar-refractivity contribution in [2.75, 3.05) is 5.32 Å². The average Bonchev–Trinajstić information content (AvgIpc) is 2.90. The fourth-order valence-corrected chi connectivity index (χ4v) is 3.13. The quantitative estimate of drug-likeness (QED) is 0.791. The number of hydrogen-bond acceptors (Lipinski definition) is 3. The molecule has 0 saturated carbocycles. The zero-order chi connectivity index (χ0) is 15.3. The summed E-state index contributed by atoms with van der Waals surface area (Å²) in [5, 5.41) is 13.4. The lowest BCUT2D eigenvalue weighted by Gasteiger charge is -2.24. The maximum Gasteiger partial charge on any atom is 0.171 e. The molecule has 0 saturated heterocycles. The molecule has 1 aliphatic carbocycles. The Labute approximate surface area is 127 Å². The molecule has 0 fully saturated rings. The normalized spacial score (nSPS) is 19.4. The van der Waals surface area contributed by atoms with E-state index in [1.807, 2.05) is 24.3 Å². The highest BCUT2D eigenvalue weighted by molar-refractivity contribution is 6.05. The third-order valence-corrected chi connectivity index (χ3v) is 4.30. The minimum atomic E-state index is -0.238. The molecular formula is C18H13N3O. The Morgan fingerprint density at radius 1 is 1.41 bits per heavy atom. The van der Waals surface area contributed by atoms with E-state index in [-0.39, 0.29) is 11.7 Å². The maximum atomic E-state index is 12.5. The van der Waals surface area contributed by atoms with E-state index in [4.69, 9.17) is 5.26 Å². The van der Waals surface area contributed by atoms with Crippen LogP contribution in [0, 0.1) is 17.2 Å². The number of aromatic nitrogens is 1. The van der Waals surface area contributed by atoms with E-state index >= 15 is 0 Å². The first kappa shape index (κ1) is 12.7. The molecule has 0 amide bonds. The first-order chi connectivity index (χ1) is 10.7. The van der Waals surface area contributed by atoms with Gasteiger partial charge in [-0.25, -0.2) is 0 Å². The molecule has 0 radical (unpaired) electrons. The minimum absolute atomic E-state index is 0.105. The second-order valence-electron chi connectivity index (χ2n) is 5.53. The van der Waals surface area contributed by atoms with Crippen LogP contribution >= 0.6 is 0 Å². The van der Waals surface area contributed by atoms with Crippen molar-refractivity contribution >= 4 is 22.5 Å². The number of allylic oxidation sites excluding steroid dienone is 4. The van der Waals surface area contributed by atoms with Gasteiger partial charge in [0.25, 0.3) is 0 Å². The van der Waals surface area contributed by atoms with Crippen molar-refractivity contribution in [2.45, 2.75) is 6.42 Å². The van der Waals surface area contributed by atoms with Crippen molar-refractivity contribution in [2.24, 2.45) is 5.92 Å². The number of ketones is 1. The van der Waals surface area contributed by atoms with Gasteiger partial charge in [-0.3, -0.25) is 4.79 Å². The van der Waals surface area contributed by atoms with Gasteiger partial charge < -0.3 is 10.3 Å². The fourth-order valence-electron chi connectivity index (χ4n) is 3.13. The summed E-state index contributed by atoms with van der Waals surface area (Å²) >= 11 is 0. The predicted octanol–water partition coefficient (Wildman–Crippen LogP) is 3.20. The van der Waals surface area contributed by atoms with Crippen LogP contribution in [-0.4, -0.2) is 10.8 Å². The van der Waals surface area contributed by atoms with Gasteiger partial charge in [0.15, 0.2) is 5.78 Å². The average molecular weight is 287 g/mol. The van der Waals surface area contributed by atoms with E-state index in [2.05, 4.69) is 22.9 Å². The lowest BCUT2D eigenvalue weighted by atomic mass is 9.85. The summed E-state index contributed by atoms with van der Waals surface area (Å²) < 4.78 is 0. The molecule has 4 heteroatoms. The van der Waals surface area contributed by atoms with E-state index in [1.54, 1.807) is 12.1 Å². The van der Waals surface area contributed by atoms with Gasteiger partial charge in [-0.15, -0.1) is 6.58 Å². The van der Waals surface area contributed by atoms with Gasteiger partial charge in [-0.1, -0.05) is 18.2 Å². The Morgan fingerprint density at radius 2 is 2.27 bits per heavy atom. The zero-order valence-corrected chi connectivity index (χ0v) is 11.8. The van der Waals surface area contributed by atoms with Gasteiger partial charge in [0.1, 0.15) is 5.82 Å². The van der Waals surface area contributed by atoms with Crippen LogP contribution in [0.3, 0.4) is 0 Å². The van der Waals surface area contributed by atoms with Gasteiger partial charge in [0, 0.05) is 34.2 Å². The first-order valence-electron chi connectivity index (χ1n) is 7.11. The van der Waals surface area contributed by atoms with Crippen molar-refractivity contribution in [3.05, 3.63) is 65.4 Å². The van der Waals surface area contributed by atoms with Crippen LogP contribution in [0.2, 0.25) is 0 Å². The highest BCUT2D eigenvalue weighted by Gasteiger charge is 2.29. The van der Waals surface area contributed by atoms with Gasteiger partial charge in [-0.2, -0.15) is 5.26 Å². The number of nitrogens with zero attached hydrogens (tertiary/aromatic N) is 1. The molecule has 106 valence electrons. The third kappa shape index (κ3) is 1.66. The highest BCUT2D eigenvalue weighted by Crippen LogP contribution is 2.37. The molecule has 0 bridgehead atoms. The fraction of sp³-hybridized carbons (Fsp3) is 0.111. The van der Waals surface area contributed by atoms with Crippen LogP contribution in [0.5, 0.6) is 0 Å². The zero-order valence-electron chi connectivity index (χ0n) is 11.8. The van der Waals surface area contributed by atoms with Crippen molar-refractivity contribution in [1.82, 2.24) is 4.98 Å². The third-order valence-electron chi connectivity index (χ3n) is 4.30. The molecule has 2 aliphatic rings. The Kier molecular flexibility index (Phi) is 2.57. The Morgan fingerprint density at radius 3 is 3.05 bits per heavy atom. The summed E-state index contributed by atoms with van der Waals surface area (Å²) in [5.41, 5.74) is 4.25. The number of aromatic amines is 1. The number of H-pyrrole nitrogens is 1. The highest BCUT2D eigenvalue weighted by atomic mass is 16.1. The van der Waals surface area contributed by atoms with Crippen LogP contribution in [0.4, 0.5) is 5.82 Å². The molecule has 4 rings (SSSR count). The van der Waals surface area contributed by atoms with Gasteiger partial charge in [-0.05, 0) is 18.2 Å². The number of anilines is 1. The summed E-state index contributed by atoms with van der Waals surface area (Å²) in [4.78, 5) is 15.8. The maximum absolute atomic E-state index is 12.5. The summed E-state index contributed by atoms with van der Waals surface area (Å²) in [6.07, 6.45) is 6.07. The van der Waals surface area contributed by atoms with Crippen LogP contribution < -0.4 is 5.32 Å². The molecule has 1 unspecified atom stereocenters. The standard InChI is InChI=1S/C18H13N3O/c1-2-11-4-6-15-14(17(11)22)8-13-12-5-3-10(9-19)7-16(12)21-18(13)20-15/h2-7,11,20-21H,1,8H2. The minimum Gasteiger partial charge on any atom is -0.341 e. The van der Waals surface area contributed by atoms with Crippen molar-refractivity contribution < 1.29 is 4.79 Å². The van der Waals surface area contributed by atoms with E-state index in [0.717, 1.165) is 33.6 Å². The molecule has 2 heterocycles. The summed E-state index contributed by atoms with van der Waals surface area (Å²) in [7, 11) is 0. The lowest BCUT2D eigenvalue weighted by Crippen LogP contribution is -2.24. The molecule has 2 N–H and O–H groups in total. The molecular weight excluding hydrogens is 274 g/mol. The largest absolute Gasteiger partial charge is 0.341 e. The van der Waals surface area contributed by atoms with E-state index in [0.29, 0.717) is 12.0 Å². The predicted molar refractivity (Wildman–Crippen MR) is 85.2 cm³/mol. The van der Waals surface area contributed by atoms with Crippen LogP contribution in [0.1, 0.15) is 11.1 Å². The van der Waals surface area contributed by atoms with Crippen molar-refractivity contribution in [3.8, 4) is 6.07 Å². The summed E-state index contributed by atoms with van der Waals surface area (Å²) in [6, 6.07) is 7.71. The summed E-state index contributed by atoms with van der Waals surface area (Å²) in [5.74, 6) is 0.768.